The molecule has 1 N–H and O–H groups in total. The summed E-state index contributed by atoms with van der Waals surface area (Å²) in [4.78, 5) is 23.8. The summed E-state index contributed by atoms with van der Waals surface area (Å²) in [7, 11) is 0. The molecule has 3 aromatic rings. The third-order valence-electron chi connectivity index (χ3n) is 3.16. The van der Waals surface area contributed by atoms with E-state index in [1.54, 1.807) is 35.2 Å². The van der Waals surface area contributed by atoms with Gasteiger partial charge in [0.1, 0.15) is 12.1 Å². The SMILES string of the molecule is O=C(COc1cccnc1)NCCCc1cnc2ncnn2c1. The highest BCUT2D eigenvalue weighted by Crippen LogP contribution is 2.05. The lowest BCUT2D eigenvalue weighted by molar-refractivity contribution is -0.123. The molecule has 8 heteroatoms. The van der Waals surface area contributed by atoms with E-state index in [-0.39, 0.29) is 12.5 Å². The third kappa shape index (κ3) is 4.22. The minimum atomic E-state index is -0.154. The molecule has 0 aromatic carbocycles. The zero-order chi connectivity index (χ0) is 15.9. The summed E-state index contributed by atoms with van der Waals surface area (Å²) in [5.41, 5.74) is 1.05. The second kappa shape index (κ2) is 7.30. The predicted molar refractivity (Wildman–Crippen MR) is 81.8 cm³/mol. The predicted octanol–water partition coefficient (Wildman–Crippen LogP) is 0.647. The molecule has 1 amide bonds. The number of carbonyl (C=O) groups is 1. The van der Waals surface area contributed by atoms with Gasteiger partial charge in [-0.2, -0.15) is 10.1 Å². The number of hydrogen-bond donors (Lipinski definition) is 1. The van der Waals surface area contributed by atoms with Crippen molar-refractivity contribution in [2.75, 3.05) is 13.2 Å². The van der Waals surface area contributed by atoms with Crippen LogP contribution >= 0.6 is 0 Å². The molecule has 0 spiro atoms. The fourth-order valence-corrected chi connectivity index (χ4v) is 2.04. The van der Waals surface area contributed by atoms with Crippen LogP contribution in [0.5, 0.6) is 5.75 Å². The molecule has 3 rings (SSSR count). The fourth-order valence-electron chi connectivity index (χ4n) is 2.04. The monoisotopic (exact) mass is 312 g/mol. The Balaban J connectivity index is 1.36. The number of aryl methyl sites for hydroxylation is 1. The number of amides is 1. The van der Waals surface area contributed by atoms with Crippen LogP contribution in [0.2, 0.25) is 0 Å². The van der Waals surface area contributed by atoms with Crippen LogP contribution in [-0.2, 0) is 11.2 Å². The Kier molecular flexibility index (Phi) is 4.72. The highest BCUT2D eigenvalue weighted by Gasteiger charge is 2.03. The maximum absolute atomic E-state index is 11.7. The molecule has 0 saturated heterocycles. The van der Waals surface area contributed by atoms with E-state index in [0.717, 1.165) is 18.4 Å². The van der Waals surface area contributed by atoms with Crippen LogP contribution < -0.4 is 10.1 Å². The summed E-state index contributed by atoms with van der Waals surface area (Å²) >= 11 is 0. The normalized spacial score (nSPS) is 10.6. The molecule has 0 aliphatic carbocycles. The van der Waals surface area contributed by atoms with E-state index in [1.807, 2.05) is 6.20 Å². The number of pyridine rings is 1. The lowest BCUT2D eigenvalue weighted by atomic mass is 10.2. The number of fused-ring (bicyclic) bond motifs is 1. The molecule has 0 atom stereocenters. The van der Waals surface area contributed by atoms with E-state index in [2.05, 4.69) is 25.4 Å². The molecule has 0 fully saturated rings. The Morgan fingerprint density at radius 3 is 3.13 bits per heavy atom. The van der Waals surface area contributed by atoms with E-state index in [9.17, 15) is 4.79 Å². The number of aromatic nitrogens is 5. The molecule has 8 nitrogen and oxygen atoms in total. The molecule has 0 radical (unpaired) electrons. The van der Waals surface area contributed by atoms with Gasteiger partial charge in [0.05, 0.1) is 6.20 Å². The fraction of sp³-hybridized carbons (Fsp3) is 0.267. The highest BCUT2D eigenvalue weighted by atomic mass is 16.5. The molecule has 23 heavy (non-hydrogen) atoms. The van der Waals surface area contributed by atoms with Crippen molar-refractivity contribution >= 4 is 11.7 Å². The minimum Gasteiger partial charge on any atom is -0.482 e. The standard InChI is InChI=1S/C15H16N6O2/c22-14(10-23-13-4-2-5-16-8-13)17-6-1-3-12-7-18-15-19-11-20-21(15)9-12/h2,4-5,7-9,11H,1,3,6,10H2,(H,17,22). The molecule has 3 aromatic heterocycles. The summed E-state index contributed by atoms with van der Waals surface area (Å²) in [5.74, 6) is 1.00. The van der Waals surface area contributed by atoms with E-state index < -0.39 is 0 Å². The van der Waals surface area contributed by atoms with E-state index >= 15 is 0 Å². The number of nitrogens with one attached hydrogen (secondary N) is 1. The van der Waals surface area contributed by atoms with Crippen LogP contribution in [0.3, 0.4) is 0 Å². The van der Waals surface area contributed by atoms with Gasteiger partial charge in [0.2, 0.25) is 0 Å². The van der Waals surface area contributed by atoms with E-state index in [4.69, 9.17) is 4.74 Å². The van der Waals surface area contributed by atoms with Gasteiger partial charge in [0.25, 0.3) is 11.7 Å². The van der Waals surface area contributed by atoms with Crippen molar-refractivity contribution in [1.29, 1.82) is 0 Å². The van der Waals surface area contributed by atoms with Gasteiger partial charge in [0.15, 0.2) is 6.61 Å². The zero-order valence-electron chi connectivity index (χ0n) is 12.4. The maximum atomic E-state index is 11.7. The first-order valence-corrected chi connectivity index (χ1v) is 7.25. The van der Waals surface area contributed by atoms with Gasteiger partial charge in [-0.25, -0.2) is 9.50 Å². The first kappa shape index (κ1) is 14.9. The largest absolute Gasteiger partial charge is 0.482 e. The van der Waals surface area contributed by atoms with Gasteiger partial charge >= 0.3 is 0 Å². The Labute approximate surface area is 132 Å². The quantitative estimate of drug-likeness (QED) is 0.644. The third-order valence-corrected chi connectivity index (χ3v) is 3.16. The van der Waals surface area contributed by atoms with Gasteiger partial charge < -0.3 is 10.1 Å². The van der Waals surface area contributed by atoms with Crippen LogP contribution in [0.25, 0.3) is 5.78 Å². The summed E-state index contributed by atoms with van der Waals surface area (Å²) in [6.07, 6.45) is 9.96. The van der Waals surface area contributed by atoms with Crippen molar-refractivity contribution in [3.05, 3.63) is 48.8 Å². The van der Waals surface area contributed by atoms with Crippen LogP contribution in [0.4, 0.5) is 0 Å². The molecular weight excluding hydrogens is 296 g/mol. The Morgan fingerprint density at radius 1 is 1.30 bits per heavy atom. The number of hydrogen-bond acceptors (Lipinski definition) is 6. The Bertz CT molecular complexity index is 774. The molecule has 0 saturated carbocycles. The Hall–Kier alpha value is -3.03. The average molecular weight is 312 g/mol. The molecule has 0 unspecified atom stereocenters. The smallest absolute Gasteiger partial charge is 0.257 e. The minimum absolute atomic E-state index is 0.0157. The van der Waals surface area contributed by atoms with Crippen molar-refractivity contribution in [2.45, 2.75) is 12.8 Å². The molecule has 0 aliphatic rings. The first-order valence-electron chi connectivity index (χ1n) is 7.25. The van der Waals surface area contributed by atoms with Crippen molar-refractivity contribution in [3.63, 3.8) is 0 Å². The van der Waals surface area contributed by atoms with Gasteiger partial charge in [0, 0.05) is 25.1 Å². The molecule has 118 valence electrons. The summed E-state index contributed by atoms with van der Waals surface area (Å²) in [6, 6.07) is 3.51. The molecule has 3 heterocycles. The molecule has 0 aliphatic heterocycles. The summed E-state index contributed by atoms with van der Waals surface area (Å²) in [6.45, 7) is 0.558. The van der Waals surface area contributed by atoms with Gasteiger partial charge in [-0.15, -0.1) is 0 Å². The lowest BCUT2D eigenvalue weighted by Crippen LogP contribution is -2.29. The number of nitrogens with zero attached hydrogens (tertiary/aromatic N) is 5. The summed E-state index contributed by atoms with van der Waals surface area (Å²) in [5, 5.41) is 6.86. The maximum Gasteiger partial charge on any atom is 0.257 e. The molecule has 0 bridgehead atoms. The van der Waals surface area contributed by atoms with Crippen molar-refractivity contribution in [3.8, 4) is 5.75 Å². The van der Waals surface area contributed by atoms with Crippen LogP contribution in [-0.4, -0.2) is 43.6 Å². The second-order valence-electron chi connectivity index (χ2n) is 4.90. The number of ether oxygens (including phenoxy) is 1. The average Bonchev–Trinajstić information content (AvgIpc) is 3.05. The first-order chi connectivity index (χ1) is 11.3. The lowest BCUT2D eigenvalue weighted by Gasteiger charge is -2.07. The number of rotatable bonds is 7. The van der Waals surface area contributed by atoms with Crippen LogP contribution in [0.15, 0.2) is 43.2 Å². The van der Waals surface area contributed by atoms with Crippen molar-refractivity contribution in [1.82, 2.24) is 29.9 Å². The zero-order valence-corrected chi connectivity index (χ0v) is 12.4. The highest BCUT2D eigenvalue weighted by molar-refractivity contribution is 5.77. The van der Waals surface area contributed by atoms with Crippen LogP contribution in [0, 0.1) is 0 Å². The van der Waals surface area contributed by atoms with E-state index in [0.29, 0.717) is 18.1 Å². The number of carbonyl (C=O) groups excluding carboxylic acids is 1. The van der Waals surface area contributed by atoms with Crippen LogP contribution in [0.1, 0.15) is 12.0 Å². The van der Waals surface area contributed by atoms with Gasteiger partial charge in [-0.05, 0) is 30.5 Å². The second-order valence-corrected chi connectivity index (χ2v) is 4.90. The van der Waals surface area contributed by atoms with Gasteiger partial charge in [-0.1, -0.05) is 0 Å². The van der Waals surface area contributed by atoms with Crippen molar-refractivity contribution < 1.29 is 9.53 Å². The van der Waals surface area contributed by atoms with E-state index in [1.165, 1.54) is 6.33 Å². The topological polar surface area (TPSA) is 94.3 Å². The molecular formula is C15H16N6O2. The Morgan fingerprint density at radius 2 is 2.26 bits per heavy atom. The van der Waals surface area contributed by atoms with Gasteiger partial charge in [-0.3, -0.25) is 9.78 Å². The van der Waals surface area contributed by atoms with Crippen molar-refractivity contribution in [2.24, 2.45) is 0 Å². The summed E-state index contributed by atoms with van der Waals surface area (Å²) < 4.78 is 6.95.